The monoisotopic (exact) mass is 140 g/mol. The van der Waals surface area contributed by atoms with E-state index in [1.54, 1.807) is 12.2 Å². The summed E-state index contributed by atoms with van der Waals surface area (Å²) in [6, 6.07) is 0. The summed E-state index contributed by atoms with van der Waals surface area (Å²) in [5.41, 5.74) is -1.71. The lowest BCUT2D eigenvalue weighted by Crippen LogP contribution is -2.19. The molecule has 1 N–H and O–H groups in total. The maximum atomic E-state index is 13.2. The first-order chi connectivity index (χ1) is 4.56. The highest BCUT2D eigenvalue weighted by atomic mass is 19.1. The molecule has 2 rings (SSSR count). The van der Waals surface area contributed by atoms with Crippen LogP contribution in [0.2, 0.25) is 0 Å². The van der Waals surface area contributed by atoms with Gasteiger partial charge in [-0.2, -0.15) is 0 Å². The van der Waals surface area contributed by atoms with Gasteiger partial charge >= 0.3 is 0 Å². The minimum atomic E-state index is -1.44. The van der Waals surface area contributed by atoms with E-state index in [-0.39, 0.29) is 6.42 Å². The van der Waals surface area contributed by atoms with Crippen LogP contribution in [0.25, 0.3) is 0 Å². The summed E-state index contributed by atoms with van der Waals surface area (Å²) in [7, 11) is 0. The van der Waals surface area contributed by atoms with Crippen molar-refractivity contribution in [3.05, 3.63) is 23.8 Å². The van der Waals surface area contributed by atoms with Crippen molar-refractivity contribution in [2.75, 3.05) is 0 Å². The zero-order valence-electron chi connectivity index (χ0n) is 5.76. The molecule has 0 aromatic rings. The Balaban J connectivity index is 2.40. The molecule has 0 radical (unpaired) electrons. The van der Waals surface area contributed by atoms with E-state index in [2.05, 4.69) is 0 Å². The molecule has 2 unspecified atom stereocenters. The Bertz CT molecular complexity index is 244. The van der Waals surface area contributed by atoms with Crippen molar-refractivity contribution in [2.45, 2.75) is 24.6 Å². The lowest BCUT2D eigenvalue weighted by atomic mass is 10.1. The lowest BCUT2D eigenvalue weighted by Gasteiger charge is -2.11. The number of aliphatic hydroxyl groups is 1. The summed E-state index contributed by atoms with van der Waals surface area (Å²) < 4.78 is 13.2. The van der Waals surface area contributed by atoms with Gasteiger partial charge in [-0.05, 0) is 19.1 Å². The standard InChI is InChI=1S/C8H9FO/c1-6-2-3-8(10)5-7(8,9)4-6/h2-4,10H,5H2,1H3. The average molecular weight is 140 g/mol. The SMILES string of the molecule is CC1=CC2(F)CC2(O)C=C1. The van der Waals surface area contributed by atoms with Crippen LogP contribution < -0.4 is 0 Å². The Hall–Kier alpha value is -0.630. The number of alkyl halides is 1. The van der Waals surface area contributed by atoms with E-state index < -0.39 is 11.3 Å². The highest BCUT2D eigenvalue weighted by Gasteiger charge is 2.66. The van der Waals surface area contributed by atoms with E-state index in [0.29, 0.717) is 0 Å². The number of allylic oxidation sites excluding steroid dienone is 2. The number of hydrogen-bond donors (Lipinski definition) is 1. The number of rotatable bonds is 0. The van der Waals surface area contributed by atoms with Crippen LogP contribution in [0, 0.1) is 0 Å². The van der Waals surface area contributed by atoms with E-state index in [9.17, 15) is 9.50 Å². The Labute approximate surface area is 58.9 Å². The van der Waals surface area contributed by atoms with Gasteiger partial charge in [0.2, 0.25) is 0 Å². The molecule has 1 fully saturated rings. The fourth-order valence-corrected chi connectivity index (χ4v) is 1.40. The molecular formula is C8H9FO. The molecule has 0 heterocycles. The molecule has 0 spiro atoms. The van der Waals surface area contributed by atoms with Crippen molar-refractivity contribution < 1.29 is 9.50 Å². The summed E-state index contributed by atoms with van der Waals surface area (Å²) in [5, 5.41) is 9.32. The van der Waals surface area contributed by atoms with Gasteiger partial charge in [-0.1, -0.05) is 11.6 Å². The first-order valence-electron chi connectivity index (χ1n) is 3.36. The van der Waals surface area contributed by atoms with Crippen LogP contribution in [0.5, 0.6) is 0 Å². The fraction of sp³-hybridized carbons (Fsp3) is 0.500. The van der Waals surface area contributed by atoms with Crippen LogP contribution >= 0.6 is 0 Å². The minimum Gasteiger partial charge on any atom is -0.382 e. The molecular weight excluding hydrogens is 131 g/mol. The Kier molecular flexibility index (Phi) is 0.822. The van der Waals surface area contributed by atoms with E-state index in [1.165, 1.54) is 6.08 Å². The van der Waals surface area contributed by atoms with E-state index >= 15 is 0 Å². The topological polar surface area (TPSA) is 20.2 Å². The molecule has 0 aromatic heterocycles. The van der Waals surface area contributed by atoms with Gasteiger partial charge in [-0.25, -0.2) is 4.39 Å². The summed E-state index contributed by atoms with van der Waals surface area (Å²) in [6.07, 6.45) is 5.02. The molecule has 1 saturated carbocycles. The van der Waals surface area contributed by atoms with Gasteiger partial charge in [-0.3, -0.25) is 0 Å². The van der Waals surface area contributed by atoms with Crippen molar-refractivity contribution in [3.63, 3.8) is 0 Å². The third-order valence-corrected chi connectivity index (χ3v) is 2.20. The Morgan fingerprint density at radius 1 is 1.70 bits per heavy atom. The van der Waals surface area contributed by atoms with Crippen LogP contribution in [-0.4, -0.2) is 16.4 Å². The number of halogens is 1. The summed E-state index contributed by atoms with van der Waals surface area (Å²) in [6.45, 7) is 1.83. The van der Waals surface area contributed by atoms with Crippen molar-refractivity contribution in [1.29, 1.82) is 0 Å². The molecule has 1 nitrogen and oxygen atoms in total. The predicted octanol–water partition coefficient (Wildman–Crippen LogP) is 1.35. The van der Waals surface area contributed by atoms with Crippen molar-refractivity contribution >= 4 is 0 Å². The maximum Gasteiger partial charge on any atom is 0.165 e. The van der Waals surface area contributed by atoms with Crippen LogP contribution in [0.4, 0.5) is 4.39 Å². The molecule has 0 saturated heterocycles. The third kappa shape index (κ3) is 0.548. The summed E-state index contributed by atoms with van der Waals surface area (Å²) >= 11 is 0. The highest BCUT2D eigenvalue weighted by molar-refractivity contribution is 5.44. The van der Waals surface area contributed by atoms with E-state index in [4.69, 9.17) is 0 Å². The largest absolute Gasteiger partial charge is 0.382 e. The molecule has 54 valence electrons. The second kappa shape index (κ2) is 1.35. The normalized spacial score (nSPS) is 50.1. The summed E-state index contributed by atoms with van der Waals surface area (Å²) in [5.74, 6) is 0. The van der Waals surface area contributed by atoms with Gasteiger partial charge in [-0.15, -0.1) is 0 Å². The summed E-state index contributed by atoms with van der Waals surface area (Å²) in [4.78, 5) is 0. The average Bonchev–Trinajstić information content (AvgIpc) is 2.33. The smallest absolute Gasteiger partial charge is 0.165 e. The van der Waals surface area contributed by atoms with Crippen LogP contribution in [0.3, 0.4) is 0 Å². The van der Waals surface area contributed by atoms with Gasteiger partial charge < -0.3 is 5.11 Å². The molecule has 2 aliphatic rings. The number of hydrogen-bond acceptors (Lipinski definition) is 1. The van der Waals surface area contributed by atoms with Crippen molar-refractivity contribution in [2.24, 2.45) is 0 Å². The first-order valence-corrected chi connectivity index (χ1v) is 3.36. The van der Waals surface area contributed by atoms with Crippen LogP contribution in [0.15, 0.2) is 23.8 Å². The second-order valence-electron chi connectivity index (χ2n) is 3.19. The maximum absolute atomic E-state index is 13.2. The molecule has 0 amide bonds. The van der Waals surface area contributed by atoms with Gasteiger partial charge in [0.05, 0.1) is 0 Å². The fourth-order valence-electron chi connectivity index (χ4n) is 1.40. The van der Waals surface area contributed by atoms with Crippen LogP contribution in [0.1, 0.15) is 13.3 Å². The molecule has 2 aliphatic carbocycles. The predicted molar refractivity (Wildman–Crippen MR) is 36.3 cm³/mol. The van der Waals surface area contributed by atoms with Gasteiger partial charge in [0, 0.05) is 6.42 Å². The third-order valence-electron chi connectivity index (χ3n) is 2.20. The highest BCUT2D eigenvalue weighted by Crippen LogP contribution is 2.55. The number of fused-ring (bicyclic) bond motifs is 1. The Morgan fingerprint density at radius 3 is 2.90 bits per heavy atom. The molecule has 0 bridgehead atoms. The van der Waals surface area contributed by atoms with Crippen LogP contribution in [-0.2, 0) is 0 Å². The quantitative estimate of drug-likeness (QED) is 0.538. The molecule has 0 aromatic carbocycles. The van der Waals surface area contributed by atoms with Crippen molar-refractivity contribution in [3.8, 4) is 0 Å². The molecule has 2 heteroatoms. The van der Waals surface area contributed by atoms with Gasteiger partial charge in [0.15, 0.2) is 5.67 Å². The molecule has 2 atom stereocenters. The van der Waals surface area contributed by atoms with E-state index in [0.717, 1.165) is 5.57 Å². The lowest BCUT2D eigenvalue weighted by molar-refractivity contribution is 0.136. The minimum absolute atomic E-state index is 0.230. The van der Waals surface area contributed by atoms with Gasteiger partial charge in [0.1, 0.15) is 5.60 Å². The Morgan fingerprint density at radius 2 is 2.40 bits per heavy atom. The zero-order valence-corrected chi connectivity index (χ0v) is 5.76. The van der Waals surface area contributed by atoms with E-state index in [1.807, 2.05) is 6.92 Å². The zero-order chi connectivity index (χ0) is 7.41. The first kappa shape index (κ1) is 6.10. The molecule has 10 heavy (non-hydrogen) atoms. The molecule has 0 aliphatic heterocycles. The van der Waals surface area contributed by atoms with Gasteiger partial charge in [0.25, 0.3) is 0 Å². The second-order valence-corrected chi connectivity index (χ2v) is 3.19. The van der Waals surface area contributed by atoms with Crippen molar-refractivity contribution in [1.82, 2.24) is 0 Å².